The highest BCUT2D eigenvalue weighted by Crippen LogP contribution is 2.38. The first kappa shape index (κ1) is 28.3. The van der Waals surface area contributed by atoms with E-state index >= 15 is 0 Å². The van der Waals surface area contributed by atoms with Crippen molar-refractivity contribution in [3.8, 4) is 45.0 Å². The third-order valence-corrected chi connectivity index (χ3v) is 9.75. The molecule has 4 heterocycles. The molecule has 234 valence electrons. The Morgan fingerprint density at radius 3 is 1.54 bits per heavy atom. The molecule has 0 radical (unpaired) electrons. The van der Waals surface area contributed by atoms with E-state index in [1.165, 1.54) is 16.3 Å². The van der Waals surface area contributed by atoms with Crippen molar-refractivity contribution in [1.29, 1.82) is 0 Å². The number of para-hydroxylation sites is 2. The fourth-order valence-electron chi connectivity index (χ4n) is 7.46. The van der Waals surface area contributed by atoms with Crippen LogP contribution in [0, 0.1) is 0 Å². The standard InChI is InChI=1S/C46H30N4/c1-4-13-31(14-5-1)40-29-36(30-41(48-40)32-15-6-2-7-16-32)50-42-20-11-10-19-37(42)38-27-33(22-24-43(38)50)34-23-25-44-39(28-34)46-45(21-12-26-47-46)49(44)35-17-8-3-9-18-35/h1-30H. The van der Waals surface area contributed by atoms with E-state index in [4.69, 9.17) is 9.97 Å². The molecule has 0 N–H and O–H groups in total. The number of hydrogen-bond donors (Lipinski definition) is 0. The van der Waals surface area contributed by atoms with Crippen LogP contribution in [0.25, 0.3) is 88.8 Å². The molecule has 0 saturated heterocycles. The summed E-state index contributed by atoms with van der Waals surface area (Å²) in [6, 6.07) is 62.3. The Kier molecular flexibility index (Phi) is 6.46. The minimum absolute atomic E-state index is 0.945. The molecule has 0 fully saturated rings. The zero-order chi connectivity index (χ0) is 33.0. The summed E-state index contributed by atoms with van der Waals surface area (Å²) in [6.07, 6.45) is 1.89. The van der Waals surface area contributed by atoms with Crippen LogP contribution >= 0.6 is 0 Å². The third kappa shape index (κ3) is 4.54. The first-order chi connectivity index (χ1) is 24.8. The Hall–Kier alpha value is -6.78. The predicted octanol–water partition coefficient (Wildman–Crippen LogP) is 11.7. The summed E-state index contributed by atoms with van der Waals surface area (Å²) in [5, 5.41) is 3.57. The van der Waals surface area contributed by atoms with E-state index in [-0.39, 0.29) is 0 Å². The highest BCUT2D eigenvalue weighted by Gasteiger charge is 2.18. The SMILES string of the molecule is c1ccc(-c2cc(-n3c4ccccc4c4cc(-c5ccc6c(c5)c5ncccc5n6-c5ccccc5)ccc43)cc(-c3ccccc3)n2)cc1. The first-order valence-electron chi connectivity index (χ1n) is 16.9. The smallest absolute Gasteiger partial charge is 0.0963 e. The fraction of sp³-hybridized carbons (Fsp3) is 0. The van der Waals surface area contributed by atoms with Gasteiger partial charge in [-0.1, -0.05) is 109 Å². The van der Waals surface area contributed by atoms with Crippen molar-refractivity contribution in [1.82, 2.24) is 19.1 Å². The van der Waals surface area contributed by atoms with Crippen molar-refractivity contribution in [2.45, 2.75) is 0 Å². The molecule has 0 amide bonds. The summed E-state index contributed by atoms with van der Waals surface area (Å²) in [4.78, 5) is 9.99. The quantitative estimate of drug-likeness (QED) is 0.188. The highest BCUT2D eigenvalue weighted by atomic mass is 15.0. The first-order valence-corrected chi connectivity index (χ1v) is 16.9. The minimum Gasteiger partial charge on any atom is -0.309 e. The Morgan fingerprint density at radius 1 is 0.340 bits per heavy atom. The maximum absolute atomic E-state index is 5.14. The number of nitrogens with zero attached hydrogens (tertiary/aromatic N) is 4. The minimum atomic E-state index is 0.945. The van der Waals surface area contributed by atoms with Gasteiger partial charge < -0.3 is 9.13 Å². The highest BCUT2D eigenvalue weighted by molar-refractivity contribution is 6.12. The largest absolute Gasteiger partial charge is 0.309 e. The topological polar surface area (TPSA) is 35.6 Å². The van der Waals surface area contributed by atoms with Crippen molar-refractivity contribution in [2.75, 3.05) is 0 Å². The van der Waals surface area contributed by atoms with Gasteiger partial charge in [0.25, 0.3) is 0 Å². The van der Waals surface area contributed by atoms with Gasteiger partial charge in [0.2, 0.25) is 0 Å². The third-order valence-electron chi connectivity index (χ3n) is 9.75. The molecule has 10 aromatic rings. The maximum atomic E-state index is 5.14. The Labute approximate surface area is 289 Å². The van der Waals surface area contributed by atoms with Crippen molar-refractivity contribution in [2.24, 2.45) is 0 Å². The zero-order valence-corrected chi connectivity index (χ0v) is 27.1. The Bertz CT molecular complexity index is 2790. The van der Waals surface area contributed by atoms with Gasteiger partial charge in [0.1, 0.15) is 0 Å². The number of hydrogen-bond acceptors (Lipinski definition) is 2. The van der Waals surface area contributed by atoms with Crippen LogP contribution in [0.15, 0.2) is 182 Å². The van der Waals surface area contributed by atoms with E-state index in [1.807, 2.05) is 24.4 Å². The molecule has 0 unspecified atom stereocenters. The zero-order valence-electron chi connectivity index (χ0n) is 27.1. The molecule has 10 rings (SSSR count). The van der Waals surface area contributed by atoms with Crippen LogP contribution in [-0.4, -0.2) is 19.1 Å². The Balaban J connectivity index is 1.17. The van der Waals surface area contributed by atoms with Crippen molar-refractivity contribution in [3.05, 3.63) is 182 Å². The van der Waals surface area contributed by atoms with E-state index in [2.05, 4.69) is 167 Å². The summed E-state index contributed by atoms with van der Waals surface area (Å²) in [6.45, 7) is 0. The molecule has 50 heavy (non-hydrogen) atoms. The molecule has 0 aliphatic rings. The molecule has 6 aromatic carbocycles. The van der Waals surface area contributed by atoms with Crippen molar-refractivity contribution >= 4 is 43.7 Å². The molecule has 4 heteroatoms. The molecule has 4 nitrogen and oxygen atoms in total. The molecule has 0 aliphatic heterocycles. The van der Waals surface area contributed by atoms with Crippen LogP contribution < -0.4 is 0 Å². The van der Waals surface area contributed by atoms with Crippen LogP contribution in [0.4, 0.5) is 0 Å². The van der Waals surface area contributed by atoms with Gasteiger partial charge in [0.15, 0.2) is 0 Å². The summed E-state index contributed by atoms with van der Waals surface area (Å²) >= 11 is 0. The molecule has 0 atom stereocenters. The van der Waals surface area contributed by atoms with Gasteiger partial charge in [0.05, 0.1) is 44.7 Å². The average molecular weight is 639 g/mol. The van der Waals surface area contributed by atoms with Crippen LogP contribution in [-0.2, 0) is 0 Å². The molecule has 0 aliphatic carbocycles. The van der Waals surface area contributed by atoms with Crippen LogP contribution in [0.2, 0.25) is 0 Å². The average Bonchev–Trinajstić information content (AvgIpc) is 3.71. The molecular formula is C46H30N4. The summed E-state index contributed by atoms with van der Waals surface area (Å²) in [7, 11) is 0. The van der Waals surface area contributed by atoms with Gasteiger partial charge in [-0.05, 0) is 77.9 Å². The van der Waals surface area contributed by atoms with E-state index in [1.54, 1.807) is 0 Å². The summed E-state index contributed by atoms with van der Waals surface area (Å²) in [5.41, 5.74) is 14.2. The summed E-state index contributed by atoms with van der Waals surface area (Å²) in [5.74, 6) is 0. The lowest BCUT2D eigenvalue weighted by molar-refractivity contribution is 1.16. The van der Waals surface area contributed by atoms with Crippen molar-refractivity contribution < 1.29 is 0 Å². The lowest BCUT2D eigenvalue weighted by Crippen LogP contribution is -1.98. The fourth-order valence-corrected chi connectivity index (χ4v) is 7.46. The van der Waals surface area contributed by atoms with Gasteiger partial charge in [-0.25, -0.2) is 4.98 Å². The van der Waals surface area contributed by atoms with Gasteiger partial charge in [0, 0.05) is 39.2 Å². The normalized spacial score (nSPS) is 11.6. The second kappa shape index (κ2) is 11.4. The lowest BCUT2D eigenvalue weighted by atomic mass is 10.0. The van der Waals surface area contributed by atoms with E-state index in [0.717, 1.165) is 72.4 Å². The Morgan fingerprint density at radius 2 is 0.860 bits per heavy atom. The molecule has 4 aromatic heterocycles. The van der Waals surface area contributed by atoms with Crippen molar-refractivity contribution in [3.63, 3.8) is 0 Å². The monoisotopic (exact) mass is 638 g/mol. The number of fused-ring (bicyclic) bond motifs is 6. The predicted molar refractivity (Wildman–Crippen MR) is 207 cm³/mol. The second-order valence-corrected chi connectivity index (χ2v) is 12.7. The van der Waals surface area contributed by atoms with Gasteiger partial charge in [-0.3, -0.25) is 4.98 Å². The van der Waals surface area contributed by atoms with Crippen LogP contribution in [0.1, 0.15) is 0 Å². The number of pyridine rings is 2. The van der Waals surface area contributed by atoms with E-state index in [0.29, 0.717) is 0 Å². The molecule has 0 spiro atoms. The lowest BCUT2D eigenvalue weighted by Gasteiger charge is -2.13. The molecular weight excluding hydrogens is 609 g/mol. The summed E-state index contributed by atoms with van der Waals surface area (Å²) < 4.78 is 4.69. The number of benzene rings is 6. The van der Waals surface area contributed by atoms with Gasteiger partial charge in [-0.2, -0.15) is 0 Å². The number of aromatic nitrogens is 4. The van der Waals surface area contributed by atoms with Gasteiger partial charge >= 0.3 is 0 Å². The second-order valence-electron chi connectivity index (χ2n) is 12.7. The van der Waals surface area contributed by atoms with E-state index in [9.17, 15) is 0 Å². The molecule has 0 saturated carbocycles. The van der Waals surface area contributed by atoms with Gasteiger partial charge in [-0.15, -0.1) is 0 Å². The number of rotatable bonds is 5. The van der Waals surface area contributed by atoms with E-state index < -0.39 is 0 Å². The van der Waals surface area contributed by atoms with Crippen LogP contribution in [0.3, 0.4) is 0 Å². The molecule has 0 bridgehead atoms. The van der Waals surface area contributed by atoms with Crippen LogP contribution in [0.5, 0.6) is 0 Å². The maximum Gasteiger partial charge on any atom is 0.0963 e.